The second-order valence-electron chi connectivity index (χ2n) is 17.9. The van der Waals surface area contributed by atoms with E-state index in [-0.39, 0.29) is 36.8 Å². The zero-order valence-corrected chi connectivity index (χ0v) is 37.2. The summed E-state index contributed by atoms with van der Waals surface area (Å²) in [6.45, 7) is 12.0. The second kappa shape index (κ2) is 16.7. The summed E-state index contributed by atoms with van der Waals surface area (Å²) in [6, 6.07) is 9.81. The van der Waals surface area contributed by atoms with Gasteiger partial charge in [0.25, 0.3) is 0 Å². The molecule has 5 atom stereocenters. The van der Waals surface area contributed by atoms with Crippen molar-refractivity contribution in [3.05, 3.63) is 66.0 Å². The highest BCUT2D eigenvalue weighted by Gasteiger charge is 2.43. The standard InChI is InChI=1S/C46H56FN9O7/c1-23(2)37(52-44(59)61-8)42(57)55-16-10-11-33(55)40-48-20-30(50-40)25-13-15-32-29(17-25)36-39(54(32)7)28-14-12-26(18-35(28)63-46(36,5)6)31-21-49-41(51-31)34-19-27(47)22-56(34)43(58)38(24(3)4)53-45(60)62-9/h12-15,17-18,20-21,23-24,27,33-34,37-38H,10-11,16,19,22H2,1-9H3,(H,48,50)(H,49,51)(H,52,59)(H,53,60)/t27-,33+,34+,37+,38+/m1/s1. The number of hydrogen-bond donors (Lipinski definition) is 4. The molecule has 3 aromatic heterocycles. The number of halogens is 1. The van der Waals surface area contributed by atoms with Gasteiger partial charge in [0.1, 0.15) is 41.3 Å². The molecule has 0 bridgehead atoms. The number of aryl methyl sites for hydroxylation is 1. The molecule has 3 aliphatic rings. The van der Waals surface area contributed by atoms with Crippen molar-refractivity contribution < 1.29 is 37.8 Å². The molecule has 3 aliphatic heterocycles. The summed E-state index contributed by atoms with van der Waals surface area (Å²) in [5.74, 6) is 0.890. The van der Waals surface area contributed by atoms with E-state index in [1.807, 2.05) is 52.1 Å². The monoisotopic (exact) mass is 865 g/mol. The number of amides is 4. The largest absolute Gasteiger partial charge is 0.482 e. The first kappa shape index (κ1) is 43.3. The number of carbonyl (C=O) groups excluding carboxylic acids is 4. The van der Waals surface area contributed by atoms with Crippen molar-refractivity contribution >= 4 is 34.9 Å². The smallest absolute Gasteiger partial charge is 0.407 e. The Morgan fingerprint density at radius 1 is 0.841 bits per heavy atom. The molecular weight excluding hydrogens is 810 g/mol. The van der Waals surface area contributed by atoms with Crippen molar-refractivity contribution in [1.29, 1.82) is 0 Å². The number of nitrogens with zero attached hydrogens (tertiary/aromatic N) is 5. The maximum atomic E-state index is 15.0. The molecule has 17 heteroatoms. The number of carbonyl (C=O) groups is 4. The van der Waals surface area contributed by atoms with Gasteiger partial charge in [-0.3, -0.25) is 9.59 Å². The highest BCUT2D eigenvalue weighted by atomic mass is 19.1. The Hall–Kier alpha value is -6.39. The minimum Gasteiger partial charge on any atom is -0.482 e. The van der Waals surface area contributed by atoms with Crippen molar-refractivity contribution in [2.45, 2.75) is 96.7 Å². The normalized spacial score (nSPS) is 20.0. The zero-order chi connectivity index (χ0) is 45.1. The summed E-state index contributed by atoms with van der Waals surface area (Å²) in [5, 5.41) is 6.35. The van der Waals surface area contributed by atoms with Crippen LogP contribution in [0.1, 0.15) is 90.1 Å². The van der Waals surface area contributed by atoms with Gasteiger partial charge in [0.05, 0.1) is 62.3 Å². The molecule has 334 valence electrons. The van der Waals surface area contributed by atoms with Crippen LogP contribution in [0.5, 0.6) is 5.75 Å². The molecule has 8 rings (SSSR count). The quantitative estimate of drug-likeness (QED) is 0.112. The lowest BCUT2D eigenvalue weighted by Gasteiger charge is -2.34. The van der Waals surface area contributed by atoms with Crippen LogP contribution in [-0.4, -0.2) is 104 Å². The maximum absolute atomic E-state index is 15.0. The van der Waals surface area contributed by atoms with Crippen LogP contribution >= 0.6 is 0 Å². The second-order valence-corrected chi connectivity index (χ2v) is 17.9. The maximum Gasteiger partial charge on any atom is 0.407 e. The predicted octanol–water partition coefficient (Wildman–Crippen LogP) is 7.29. The molecule has 2 aromatic carbocycles. The first-order valence-corrected chi connectivity index (χ1v) is 21.5. The van der Waals surface area contributed by atoms with Crippen LogP contribution < -0.4 is 15.4 Å². The number of hydrogen-bond acceptors (Lipinski definition) is 9. The highest BCUT2D eigenvalue weighted by Crippen LogP contribution is 2.50. The number of rotatable bonds is 10. The molecular formula is C46H56FN9O7. The number of H-pyrrole nitrogens is 2. The van der Waals surface area contributed by atoms with Gasteiger partial charge in [-0.2, -0.15) is 0 Å². The number of benzene rings is 2. The molecule has 0 unspecified atom stereocenters. The third-order valence-electron chi connectivity index (χ3n) is 12.7. The molecule has 4 amide bonds. The number of methoxy groups -OCH3 is 2. The number of alkyl carbamates (subject to hydrolysis) is 2. The van der Waals surface area contributed by atoms with E-state index in [4.69, 9.17) is 19.2 Å². The van der Waals surface area contributed by atoms with Crippen LogP contribution in [0.3, 0.4) is 0 Å². The number of alkyl halides is 1. The van der Waals surface area contributed by atoms with E-state index in [9.17, 15) is 23.6 Å². The van der Waals surface area contributed by atoms with Gasteiger partial charge < -0.3 is 49.2 Å². The fraction of sp³-hybridized carbons (Fsp3) is 0.478. The first-order valence-electron chi connectivity index (χ1n) is 21.5. The van der Waals surface area contributed by atoms with E-state index < -0.39 is 48.0 Å². The lowest BCUT2D eigenvalue weighted by atomic mass is 9.88. The lowest BCUT2D eigenvalue weighted by Crippen LogP contribution is -2.51. The number of nitrogens with one attached hydrogen (secondary N) is 4. The Bertz CT molecular complexity index is 2580. The molecule has 16 nitrogen and oxygen atoms in total. The van der Waals surface area contributed by atoms with Crippen molar-refractivity contribution in [1.82, 2.24) is 44.9 Å². The lowest BCUT2D eigenvalue weighted by molar-refractivity contribution is -0.136. The van der Waals surface area contributed by atoms with E-state index in [0.29, 0.717) is 29.6 Å². The van der Waals surface area contributed by atoms with Gasteiger partial charge in [0.2, 0.25) is 11.8 Å². The Balaban J connectivity index is 1.06. The van der Waals surface area contributed by atoms with Crippen molar-refractivity contribution in [2.75, 3.05) is 27.3 Å². The molecule has 6 heterocycles. The van der Waals surface area contributed by atoms with Crippen LogP contribution in [0.15, 0.2) is 48.8 Å². The van der Waals surface area contributed by atoms with Crippen molar-refractivity contribution in [3.63, 3.8) is 0 Å². The van der Waals surface area contributed by atoms with Gasteiger partial charge in [-0.05, 0) is 62.8 Å². The topological polar surface area (TPSA) is 189 Å². The third kappa shape index (κ3) is 7.86. The highest BCUT2D eigenvalue weighted by molar-refractivity contribution is 5.97. The molecule has 0 radical (unpaired) electrons. The van der Waals surface area contributed by atoms with Crippen LogP contribution in [0, 0.1) is 11.8 Å². The minimum atomic E-state index is -1.25. The van der Waals surface area contributed by atoms with E-state index >= 15 is 0 Å². The molecule has 0 aliphatic carbocycles. The number of likely N-dealkylation sites (tertiary alicyclic amines) is 2. The van der Waals surface area contributed by atoms with Gasteiger partial charge in [-0.15, -0.1) is 0 Å². The molecule has 0 saturated carbocycles. The Morgan fingerprint density at radius 3 is 2.02 bits per heavy atom. The molecule has 2 saturated heterocycles. The summed E-state index contributed by atoms with van der Waals surface area (Å²) in [7, 11) is 4.57. The average Bonchev–Trinajstić information content (AvgIpc) is 4.11. The summed E-state index contributed by atoms with van der Waals surface area (Å²) in [4.78, 5) is 71.1. The fourth-order valence-electron chi connectivity index (χ4n) is 9.50. The molecule has 63 heavy (non-hydrogen) atoms. The number of ether oxygens (including phenoxy) is 3. The summed E-state index contributed by atoms with van der Waals surface area (Å²) >= 11 is 0. The summed E-state index contributed by atoms with van der Waals surface area (Å²) in [6.07, 6.45) is 2.52. The molecule has 4 N–H and O–H groups in total. The molecule has 2 fully saturated rings. The van der Waals surface area contributed by atoms with Gasteiger partial charge >= 0.3 is 12.2 Å². The van der Waals surface area contributed by atoms with Crippen LogP contribution in [-0.2, 0) is 31.7 Å². The van der Waals surface area contributed by atoms with Gasteiger partial charge in [-0.25, -0.2) is 23.9 Å². The Labute approximate surface area is 365 Å². The zero-order valence-electron chi connectivity index (χ0n) is 37.2. The van der Waals surface area contributed by atoms with Crippen LogP contribution in [0.2, 0.25) is 0 Å². The van der Waals surface area contributed by atoms with E-state index in [1.54, 1.807) is 11.1 Å². The summed E-state index contributed by atoms with van der Waals surface area (Å²) in [5.41, 5.74) is 6.55. The van der Waals surface area contributed by atoms with Crippen LogP contribution in [0.4, 0.5) is 14.0 Å². The Kier molecular flexibility index (Phi) is 11.5. The fourth-order valence-corrected chi connectivity index (χ4v) is 9.50. The Morgan fingerprint density at radius 2 is 1.41 bits per heavy atom. The van der Waals surface area contributed by atoms with Gasteiger partial charge in [0.15, 0.2) is 0 Å². The van der Waals surface area contributed by atoms with E-state index in [1.165, 1.54) is 19.1 Å². The number of fused-ring (bicyclic) bond motifs is 5. The first-order chi connectivity index (χ1) is 30.0. The average molecular weight is 866 g/mol. The summed E-state index contributed by atoms with van der Waals surface area (Å²) < 4.78 is 33.5. The molecule has 0 spiro atoms. The van der Waals surface area contributed by atoms with E-state index in [2.05, 4.69) is 69.2 Å². The third-order valence-corrected chi connectivity index (χ3v) is 12.7. The van der Waals surface area contributed by atoms with Crippen molar-refractivity contribution in [3.8, 4) is 39.5 Å². The minimum absolute atomic E-state index is 0.0763. The molecule has 5 aromatic rings. The number of imidazole rings is 2. The van der Waals surface area contributed by atoms with Gasteiger partial charge in [0, 0.05) is 53.2 Å². The predicted molar refractivity (Wildman–Crippen MR) is 233 cm³/mol. The van der Waals surface area contributed by atoms with Crippen LogP contribution in [0.25, 0.3) is 44.7 Å². The number of aromatic nitrogens is 5. The number of aromatic amines is 2. The van der Waals surface area contributed by atoms with Gasteiger partial charge in [-0.1, -0.05) is 39.8 Å². The van der Waals surface area contributed by atoms with Crippen molar-refractivity contribution in [2.24, 2.45) is 18.9 Å². The van der Waals surface area contributed by atoms with E-state index in [0.717, 1.165) is 57.4 Å². The SMILES string of the molecule is COC(=O)N[C@H](C(=O)N1CCC[C@H]1c1ncc(-c2ccc3c(c2)c2c(n3C)-c3ccc(-c4cnc([C@@H]5C[C@@H](F)CN5C(=O)[C@@H](NC(=O)OC)C(C)C)[nH]4)cc3OC2(C)C)[nH]1)C(C)C.